The molecule has 0 aliphatic carbocycles. The Morgan fingerprint density at radius 1 is 1.30 bits per heavy atom. The highest BCUT2D eigenvalue weighted by Gasteiger charge is 2.19. The summed E-state index contributed by atoms with van der Waals surface area (Å²) in [5.74, 6) is 1.30. The van der Waals surface area contributed by atoms with Crippen molar-refractivity contribution >= 4 is 23.1 Å². The number of nitro benzene ring substituents is 1. The number of nitrogens with one attached hydrogen (secondary N) is 1. The third-order valence-electron chi connectivity index (χ3n) is 4.75. The van der Waals surface area contributed by atoms with Crippen LogP contribution in [0.3, 0.4) is 0 Å². The van der Waals surface area contributed by atoms with Gasteiger partial charge in [-0.05, 0) is 43.0 Å². The molecule has 2 aromatic rings. The summed E-state index contributed by atoms with van der Waals surface area (Å²) in [6.07, 6.45) is 3.90. The Balaban J connectivity index is 1.69. The van der Waals surface area contributed by atoms with Crippen LogP contribution >= 0.6 is 0 Å². The molecular weight excluding hydrogens is 348 g/mol. The van der Waals surface area contributed by atoms with Crippen molar-refractivity contribution in [1.82, 2.24) is 4.98 Å². The van der Waals surface area contributed by atoms with Crippen molar-refractivity contribution in [3.05, 3.63) is 52.2 Å². The first-order valence-corrected chi connectivity index (χ1v) is 8.82. The largest absolute Gasteiger partial charge is 0.490 e. The van der Waals surface area contributed by atoms with Gasteiger partial charge in [-0.3, -0.25) is 14.9 Å². The van der Waals surface area contributed by atoms with Gasteiger partial charge in [-0.15, -0.1) is 0 Å². The monoisotopic (exact) mass is 370 g/mol. The Hall–Kier alpha value is -3.16. The maximum Gasteiger partial charge on any atom is 0.311 e. The second-order valence-electron chi connectivity index (χ2n) is 6.67. The zero-order chi connectivity index (χ0) is 19.4. The molecular formula is C19H22N4O4. The van der Waals surface area contributed by atoms with Crippen LogP contribution in [-0.4, -0.2) is 36.0 Å². The second kappa shape index (κ2) is 8.03. The standard InChI is InChI=1S/C19H22N4O4/c1-13-7-9-22(10-8-13)18-6-4-15(12-20-18)21-19(24)14-3-5-17(27-2)16(11-14)23(25)26/h3-6,11-13H,7-10H2,1-2H3,(H,21,24). The minimum absolute atomic E-state index is 0.110. The van der Waals surface area contributed by atoms with Crippen molar-refractivity contribution in [2.45, 2.75) is 19.8 Å². The van der Waals surface area contributed by atoms with Crippen molar-refractivity contribution < 1.29 is 14.5 Å². The van der Waals surface area contributed by atoms with Crippen molar-refractivity contribution in [2.75, 3.05) is 30.4 Å². The van der Waals surface area contributed by atoms with Crippen molar-refractivity contribution in [3.8, 4) is 5.75 Å². The van der Waals surface area contributed by atoms with Gasteiger partial charge < -0.3 is 15.0 Å². The van der Waals surface area contributed by atoms with Gasteiger partial charge in [-0.25, -0.2) is 4.98 Å². The molecule has 3 rings (SSSR count). The lowest BCUT2D eigenvalue weighted by molar-refractivity contribution is -0.385. The summed E-state index contributed by atoms with van der Waals surface area (Å²) in [6, 6.07) is 7.76. The molecule has 1 aliphatic rings. The summed E-state index contributed by atoms with van der Waals surface area (Å²) in [5.41, 5.74) is 0.460. The number of carbonyl (C=O) groups is 1. The number of piperidine rings is 1. The number of ether oxygens (including phenoxy) is 1. The van der Waals surface area contributed by atoms with E-state index in [2.05, 4.69) is 22.1 Å². The third-order valence-corrected chi connectivity index (χ3v) is 4.75. The van der Waals surface area contributed by atoms with Gasteiger partial charge in [0.05, 0.1) is 23.9 Å². The molecule has 27 heavy (non-hydrogen) atoms. The average molecular weight is 370 g/mol. The minimum atomic E-state index is -0.578. The van der Waals surface area contributed by atoms with E-state index in [1.807, 2.05) is 6.07 Å². The predicted octanol–water partition coefficient (Wildman–Crippen LogP) is 3.49. The van der Waals surface area contributed by atoms with Gasteiger partial charge in [-0.2, -0.15) is 0 Å². The fraction of sp³-hybridized carbons (Fsp3) is 0.368. The van der Waals surface area contributed by atoms with E-state index in [1.54, 1.807) is 12.3 Å². The Morgan fingerprint density at radius 2 is 2.04 bits per heavy atom. The van der Waals surface area contributed by atoms with Crippen LogP contribution in [0.25, 0.3) is 0 Å². The van der Waals surface area contributed by atoms with E-state index in [-0.39, 0.29) is 17.0 Å². The highest BCUT2D eigenvalue weighted by Crippen LogP contribution is 2.28. The highest BCUT2D eigenvalue weighted by atomic mass is 16.6. The zero-order valence-corrected chi connectivity index (χ0v) is 15.3. The van der Waals surface area contributed by atoms with E-state index < -0.39 is 10.8 Å². The SMILES string of the molecule is COc1ccc(C(=O)Nc2ccc(N3CCC(C)CC3)nc2)cc1[N+](=O)[O-]. The van der Waals surface area contributed by atoms with E-state index in [0.717, 1.165) is 37.7 Å². The second-order valence-corrected chi connectivity index (χ2v) is 6.67. The molecule has 1 saturated heterocycles. The Kier molecular flexibility index (Phi) is 5.54. The Bertz CT molecular complexity index is 830. The first-order valence-electron chi connectivity index (χ1n) is 8.82. The molecule has 1 aliphatic heterocycles. The first-order chi connectivity index (χ1) is 13.0. The third kappa shape index (κ3) is 4.33. The quantitative estimate of drug-likeness (QED) is 0.639. The van der Waals surface area contributed by atoms with Crippen LogP contribution in [0.2, 0.25) is 0 Å². The number of amides is 1. The van der Waals surface area contributed by atoms with Gasteiger partial charge in [0.25, 0.3) is 5.91 Å². The number of benzene rings is 1. The molecule has 0 radical (unpaired) electrons. The molecule has 1 aromatic heterocycles. The number of nitro groups is 1. The summed E-state index contributed by atoms with van der Waals surface area (Å²) >= 11 is 0. The lowest BCUT2D eigenvalue weighted by Gasteiger charge is -2.31. The number of methoxy groups -OCH3 is 1. The minimum Gasteiger partial charge on any atom is -0.490 e. The first kappa shape index (κ1) is 18.6. The lowest BCUT2D eigenvalue weighted by Crippen LogP contribution is -2.33. The number of hydrogen-bond donors (Lipinski definition) is 1. The smallest absolute Gasteiger partial charge is 0.311 e. The van der Waals surface area contributed by atoms with E-state index >= 15 is 0 Å². The molecule has 0 unspecified atom stereocenters. The van der Waals surface area contributed by atoms with Gasteiger partial charge >= 0.3 is 5.69 Å². The number of pyridine rings is 1. The molecule has 8 nitrogen and oxygen atoms in total. The molecule has 0 spiro atoms. The van der Waals surface area contributed by atoms with Crippen molar-refractivity contribution in [1.29, 1.82) is 0 Å². The van der Waals surface area contributed by atoms with Gasteiger partial charge in [0.2, 0.25) is 0 Å². The van der Waals surface area contributed by atoms with Crippen LogP contribution in [0.5, 0.6) is 5.75 Å². The fourth-order valence-corrected chi connectivity index (χ4v) is 3.06. The number of nitrogens with zero attached hydrogens (tertiary/aromatic N) is 3. The number of carbonyl (C=O) groups excluding carboxylic acids is 1. The molecule has 2 heterocycles. The maximum absolute atomic E-state index is 12.4. The van der Waals surface area contributed by atoms with Crippen LogP contribution in [-0.2, 0) is 0 Å². The summed E-state index contributed by atoms with van der Waals surface area (Å²) in [5, 5.41) is 13.8. The number of anilines is 2. The van der Waals surface area contributed by atoms with Gasteiger partial charge in [-0.1, -0.05) is 6.92 Å². The number of aromatic nitrogens is 1. The number of rotatable bonds is 5. The van der Waals surface area contributed by atoms with Crippen molar-refractivity contribution in [2.24, 2.45) is 5.92 Å². The van der Waals surface area contributed by atoms with Crippen LogP contribution in [0.15, 0.2) is 36.5 Å². The molecule has 1 amide bonds. The molecule has 0 saturated carbocycles. The molecule has 1 fully saturated rings. The molecule has 0 atom stereocenters. The molecule has 1 aromatic carbocycles. The summed E-state index contributed by atoms with van der Waals surface area (Å²) < 4.78 is 4.95. The van der Waals surface area contributed by atoms with Gasteiger partial charge in [0.15, 0.2) is 5.75 Å². The summed E-state index contributed by atoms with van der Waals surface area (Å²) in [6.45, 7) is 4.22. The maximum atomic E-state index is 12.4. The Labute approximate surface area is 157 Å². The molecule has 8 heteroatoms. The number of hydrogen-bond acceptors (Lipinski definition) is 6. The van der Waals surface area contributed by atoms with Crippen LogP contribution in [0.4, 0.5) is 17.2 Å². The van der Waals surface area contributed by atoms with Gasteiger partial charge in [0.1, 0.15) is 5.82 Å². The zero-order valence-electron chi connectivity index (χ0n) is 15.3. The molecule has 142 valence electrons. The van der Waals surface area contributed by atoms with Gasteiger partial charge in [0, 0.05) is 24.7 Å². The molecule has 1 N–H and O–H groups in total. The van der Waals surface area contributed by atoms with Crippen LogP contribution < -0.4 is 15.0 Å². The fourth-order valence-electron chi connectivity index (χ4n) is 3.06. The van der Waals surface area contributed by atoms with Crippen molar-refractivity contribution in [3.63, 3.8) is 0 Å². The van der Waals surface area contributed by atoms with Crippen LogP contribution in [0.1, 0.15) is 30.1 Å². The van der Waals surface area contributed by atoms with E-state index in [4.69, 9.17) is 4.74 Å². The molecule has 0 bridgehead atoms. The normalized spacial score (nSPS) is 14.7. The lowest BCUT2D eigenvalue weighted by atomic mass is 9.99. The summed E-state index contributed by atoms with van der Waals surface area (Å²) in [4.78, 5) is 29.6. The van der Waals surface area contributed by atoms with Crippen LogP contribution in [0, 0.1) is 16.0 Å². The Morgan fingerprint density at radius 3 is 2.63 bits per heavy atom. The predicted molar refractivity (Wildman–Crippen MR) is 102 cm³/mol. The topological polar surface area (TPSA) is 97.6 Å². The highest BCUT2D eigenvalue weighted by molar-refractivity contribution is 6.04. The average Bonchev–Trinajstić information content (AvgIpc) is 2.68. The van der Waals surface area contributed by atoms with E-state index in [0.29, 0.717) is 5.69 Å². The van der Waals surface area contributed by atoms with E-state index in [9.17, 15) is 14.9 Å². The summed E-state index contributed by atoms with van der Waals surface area (Å²) in [7, 11) is 1.35. The van der Waals surface area contributed by atoms with E-state index in [1.165, 1.54) is 25.3 Å².